The number of rotatable bonds is 9. The van der Waals surface area contributed by atoms with Crippen molar-refractivity contribution in [3.8, 4) is 34.2 Å². The van der Waals surface area contributed by atoms with Crippen LogP contribution in [0.3, 0.4) is 0 Å². The second-order valence-corrected chi connectivity index (χ2v) is 13.8. The van der Waals surface area contributed by atoms with Crippen molar-refractivity contribution in [2.45, 2.75) is 31.6 Å². The first kappa shape index (κ1) is 40.8. The molecule has 4 aromatic heterocycles. The predicted octanol–water partition coefficient (Wildman–Crippen LogP) is 11.6. The zero-order valence-electron chi connectivity index (χ0n) is 31.1. The molecule has 0 N–H and O–H groups in total. The van der Waals surface area contributed by atoms with Crippen LogP contribution in [0.25, 0.3) is 34.2 Å². The molecule has 0 aliphatic carbocycles. The van der Waals surface area contributed by atoms with E-state index >= 15 is 0 Å². The van der Waals surface area contributed by atoms with E-state index in [4.69, 9.17) is 9.97 Å². The third-order valence-electron chi connectivity index (χ3n) is 9.55. The number of imidazole rings is 2. The van der Waals surface area contributed by atoms with Gasteiger partial charge in [0.05, 0.1) is 0 Å². The van der Waals surface area contributed by atoms with Crippen molar-refractivity contribution < 1.29 is 47.4 Å². The van der Waals surface area contributed by atoms with Crippen molar-refractivity contribution in [2.75, 3.05) is 4.90 Å². The predicted molar refractivity (Wildman–Crippen MR) is 208 cm³/mol. The first-order valence-corrected chi connectivity index (χ1v) is 18.0. The van der Waals surface area contributed by atoms with Crippen LogP contribution in [0, 0.1) is 12.4 Å². The van der Waals surface area contributed by atoms with Crippen molar-refractivity contribution >= 4 is 17.1 Å². The van der Waals surface area contributed by atoms with Crippen LogP contribution in [0.1, 0.15) is 36.9 Å². The first-order chi connectivity index (χ1) is 27.8. The Hall–Kier alpha value is -6.33. The molecule has 0 aliphatic heterocycles. The number of benzene rings is 4. The van der Waals surface area contributed by atoms with Gasteiger partial charge < -0.3 is 34.0 Å². The van der Waals surface area contributed by atoms with E-state index in [0.29, 0.717) is 17.1 Å². The Morgan fingerprint density at radius 3 is 1.36 bits per heavy atom. The average molecular weight is 979 g/mol. The maximum atomic E-state index is 14.6. The third kappa shape index (κ3) is 8.07. The molecule has 0 radical (unpaired) electrons. The molecule has 0 bridgehead atoms. The number of para-hydroxylation sites is 4. The van der Waals surface area contributed by atoms with Gasteiger partial charge in [0.15, 0.2) is 0 Å². The monoisotopic (exact) mass is 978 g/mol. The van der Waals surface area contributed by atoms with E-state index in [9.17, 15) is 26.3 Å². The number of nitrogens with zero attached hydrogens (tertiary/aromatic N) is 7. The minimum atomic E-state index is -4.83. The smallest absolute Gasteiger partial charge is 0.364 e. The molecule has 0 fully saturated rings. The molecule has 8 aromatic rings. The molecule has 0 saturated carbocycles. The summed E-state index contributed by atoms with van der Waals surface area (Å²) in [4.78, 5) is 19.2. The van der Waals surface area contributed by atoms with Crippen molar-refractivity contribution in [1.82, 2.24) is 29.1 Å². The van der Waals surface area contributed by atoms with Crippen LogP contribution >= 0.6 is 0 Å². The maximum absolute atomic E-state index is 14.6. The summed E-state index contributed by atoms with van der Waals surface area (Å²) >= 11 is 0. The molecule has 7 nitrogen and oxygen atoms in total. The number of pyridine rings is 2. The molecule has 0 spiro atoms. The van der Waals surface area contributed by atoms with E-state index in [-0.39, 0.29) is 55.2 Å². The molecule has 298 valence electrons. The van der Waals surface area contributed by atoms with E-state index in [1.54, 1.807) is 72.8 Å². The van der Waals surface area contributed by atoms with Gasteiger partial charge in [-0.2, -0.15) is 26.3 Å². The largest absolute Gasteiger partial charge is 2.00 e. The van der Waals surface area contributed by atoms with Crippen LogP contribution in [0.15, 0.2) is 152 Å². The fourth-order valence-corrected chi connectivity index (χ4v) is 6.74. The molecule has 0 unspecified atom stereocenters. The Bertz CT molecular complexity index is 2640. The fourth-order valence-electron chi connectivity index (χ4n) is 6.74. The summed E-state index contributed by atoms with van der Waals surface area (Å²) in [5.74, 6) is -2.34. The Morgan fingerprint density at radius 1 is 0.475 bits per heavy atom. The molecule has 14 heteroatoms. The number of hydrogen-bond acceptors (Lipinski definition) is 5. The fraction of sp³-hybridized carbons (Fsp3) is 0.111. The van der Waals surface area contributed by atoms with Gasteiger partial charge in [0.2, 0.25) is 0 Å². The third-order valence-corrected chi connectivity index (χ3v) is 9.55. The molecule has 0 atom stereocenters. The summed E-state index contributed by atoms with van der Waals surface area (Å²) in [5, 5.41) is 0. The number of hydrogen-bond donors (Lipinski definition) is 0. The van der Waals surface area contributed by atoms with Crippen molar-refractivity contribution in [3.63, 3.8) is 0 Å². The van der Waals surface area contributed by atoms with Crippen LogP contribution in [0.5, 0.6) is 0 Å². The Morgan fingerprint density at radius 2 is 0.898 bits per heavy atom. The van der Waals surface area contributed by atoms with E-state index < -0.39 is 29.4 Å². The van der Waals surface area contributed by atoms with Gasteiger partial charge in [0, 0.05) is 45.2 Å². The van der Waals surface area contributed by atoms with Crippen LogP contribution < -0.4 is 4.90 Å². The van der Waals surface area contributed by atoms with Gasteiger partial charge in [-0.05, 0) is 97.3 Å². The Labute approximate surface area is 350 Å². The standard InChI is InChI=1S/C45H31F6N7.Pt/c1-43(2,39-25-15-24-35(54-39)37-28-52-41(44(46,47)48)57(37)32-20-11-5-12-21-32)40-27-34(56(30-16-7-3-8-17-30)31-18-9-4-10-19-31)26-36(55-40)38-29-53-42(45(49,50)51)58(38)33-22-13-6-14-23-33;/h3-27H,1-2H3;/q-2;+2. The number of halogens is 6. The molecular formula is C45H31F6N7Pt. The summed E-state index contributed by atoms with van der Waals surface area (Å²) in [6, 6.07) is 43.4. The topological polar surface area (TPSA) is 64.7 Å². The number of aromatic nitrogens is 6. The maximum Gasteiger partial charge on any atom is 2.00 e. The van der Waals surface area contributed by atoms with Crippen molar-refractivity contribution in [1.29, 1.82) is 0 Å². The van der Waals surface area contributed by atoms with Crippen LogP contribution in [0.2, 0.25) is 0 Å². The van der Waals surface area contributed by atoms with Gasteiger partial charge in [-0.1, -0.05) is 103 Å². The molecular weight excluding hydrogens is 948 g/mol. The summed E-state index contributed by atoms with van der Waals surface area (Å²) in [6.45, 7) is 3.67. The van der Waals surface area contributed by atoms with E-state index in [1.807, 2.05) is 85.5 Å². The van der Waals surface area contributed by atoms with Gasteiger partial charge in [0.25, 0.3) is 0 Å². The zero-order chi connectivity index (χ0) is 40.7. The summed E-state index contributed by atoms with van der Waals surface area (Å²) < 4.78 is 88.5. The molecule has 0 amide bonds. The van der Waals surface area contributed by atoms with Crippen LogP contribution in [-0.4, -0.2) is 29.1 Å². The zero-order valence-corrected chi connectivity index (χ0v) is 33.4. The number of alkyl halides is 6. The minimum absolute atomic E-state index is 0. The first-order valence-electron chi connectivity index (χ1n) is 18.0. The quantitative estimate of drug-likeness (QED) is 0.106. The van der Waals surface area contributed by atoms with E-state index in [1.165, 1.54) is 12.1 Å². The van der Waals surface area contributed by atoms with Crippen LogP contribution in [-0.2, 0) is 38.8 Å². The SMILES string of the molecule is CC(C)(c1cccc(-c2[c-]nc(C(F)(F)F)n2-c2ccccc2)n1)c1cc(N(c2ccccc2)c2ccccc2)cc(-c2[c-]nc(C(F)(F)F)n2-c2ccccc2)n1.[Pt+2]. The Balaban J connectivity index is 0.00000528. The molecule has 0 saturated heterocycles. The summed E-state index contributed by atoms with van der Waals surface area (Å²) in [6.07, 6.45) is -4.46. The van der Waals surface area contributed by atoms with Gasteiger partial charge in [-0.15, -0.1) is 0 Å². The molecule has 0 aliphatic rings. The Kier molecular flexibility index (Phi) is 11.2. The van der Waals surface area contributed by atoms with Gasteiger partial charge in [-0.3, -0.25) is 0 Å². The van der Waals surface area contributed by atoms with E-state index in [2.05, 4.69) is 22.4 Å². The second-order valence-electron chi connectivity index (χ2n) is 13.8. The van der Waals surface area contributed by atoms with Gasteiger partial charge in [-0.25, -0.2) is 0 Å². The van der Waals surface area contributed by atoms with Gasteiger partial charge >= 0.3 is 33.4 Å². The minimum Gasteiger partial charge on any atom is -0.364 e. The van der Waals surface area contributed by atoms with Crippen molar-refractivity contribution in [3.05, 3.63) is 187 Å². The second kappa shape index (κ2) is 16.1. The summed E-state index contributed by atoms with van der Waals surface area (Å²) in [7, 11) is 0. The van der Waals surface area contributed by atoms with Crippen LogP contribution in [0.4, 0.5) is 43.4 Å². The van der Waals surface area contributed by atoms with E-state index in [0.717, 1.165) is 20.5 Å². The van der Waals surface area contributed by atoms with Crippen molar-refractivity contribution in [2.24, 2.45) is 0 Å². The van der Waals surface area contributed by atoms with Gasteiger partial charge in [0.1, 0.15) is 11.6 Å². The normalized spacial score (nSPS) is 11.9. The molecule has 8 rings (SSSR count). The number of anilines is 3. The molecule has 4 heterocycles. The molecule has 59 heavy (non-hydrogen) atoms. The summed E-state index contributed by atoms with van der Waals surface area (Å²) in [5.41, 5.74) is 2.42. The molecule has 4 aromatic carbocycles. The average Bonchev–Trinajstić information content (AvgIpc) is 3.90.